The maximum Gasteiger partial charge on any atom is 0.274 e. The highest BCUT2D eigenvalue weighted by atomic mass is 16.3. The quantitative estimate of drug-likeness (QED) is 0.509. The van der Waals surface area contributed by atoms with Crippen molar-refractivity contribution in [1.29, 1.82) is 0 Å². The third kappa shape index (κ3) is 0.969. The first-order chi connectivity index (χ1) is 7.27. The van der Waals surface area contributed by atoms with Crippen LogP contribution in [-0.2, 0) is 0 Å². The SMILES string of the molecule is O=c1[nH]c2cccc(O)c2c2nc[nH]c12. The fourth-order valence-electron chi connectivity index (χ4n) is 1.73. The molecule has 0 spiro atoms. The first kappa shape index (κ1) is 8.05. The highest BCUT2D eigenvalue weighted by Gasteiger charge is 2.09. The predicted molar refractivity (Wildman–Crippen MR) is 55.9 cm³/mol. The molecule has 3 rings (SSSR count). The van der Waals surface area contributed by atoms with Crippen LogP contribution in [0.3, 0.4) is 0 Å². The summed E-state index contributed by atoms with van der Waals surface area (Å²) in [6, 6.07) is 4.96. The molecular formula is C10H7N3O2. The van der Waals surface area contributed by atoms with Gasteiger partial charge in [-0.1, -0.05) is 6.07 Å². The summed E-state index contributed by atoms with van der Waals surface area (Å²) in [5, 5.41) is 10.3. The average molecular weight is 201 g/mol. The van der Waals surface area contributed by atoms with Gasteiger partial charge in [0.15, 0.2) is 0 Å². The van der Waals surface area contributed by atoms with Gasteiger partial charge in [-0.3, -0.25) is 4.79 Å². The second-order valence-electron chi connectivity index (χ2n) is 3.28. The highest BCUT2D eigenvalue weighted by Crippen LogP contribution is 2.26. The summed E-state index contributed by atoms with van der Waals surface area (Å²) in [5.74, 6) is 0.112. The van der Waals surface area contributed by atoms with Crippen LogP contribution < -0.4 is 5.56 Å². The molecule has 74 valence electrons. The number of aromatic amines is 2. The number of hydrogen-bond donors (Lipinski definition) is 3. The van der Waals surface area contributed by atoms with Crippen LogP contribution in [-0.4, -0.2) is 20.1 Å². The van der Waals surface area contributed by atoms with E-state index in [2.05, 4.69) is 15.0 Å². The Morgan fingerprint density at radius 1 is 1.33 bits per heavy atom. The minimum atomic E-state index is -0.236. The van der Waals surface area contributed by atoms with Crippen molar-refractivity contribution >= 4 is 21.9 Å². The standard InChI is InChI=1S/C10H7N3O2/c14-6-3-1-2-5-7(6)8-9(10(15)13-5)12-4-11-8/h1-4,14H,(H,11,12)(H,13,15). The Labute approximate surface area is 83.4 Å². The smallest absolute Gasteiger partial charge is 0.274 e. The maximum atomic E-state index is 11.6. The van der Waals surface area contributed by atoms with E-state index in [4.69, 9.17) is 0 Å². The monoisotopic (exact) mass is 201 g/mol. The molecule has 15 heavy (non-hydrogen) atoms. The number of H-pyrrole nitrogens is 2. The Balaban J connectivity index is 2.74. The Morgan fingerprint density at radius 2 is 2.20 bits per heavy atom. The van der Waals surface area contributed by atoms with Crippen molar-refractivity contribution in [3.8, 4) is 5.75 Å². The summed E-state index contributed by atoms with van der Waals surface area (Å²) in [6.07, 6.45) is 1.44. The van der Waals surface area contributed by atoms with E-state index < -0.39 is 0 Å². The maximum absolute atomic E-state index is 11.6. The number of imidazole rings is 1. The van der Waals surface area contributed by atoms with Gasteiger partial charge in [-0.25, -0.2) is 4.98 Å². The van der Waals surface area contributed by atoms with Crippen molar-refractivity contribution in [3.63, 3.8) is 0 Å². The van der Waals surface area contributed by atoms with Crippen molar-refractivity contribution in [2.45, 2.75) is 0 Å². The topological polar surface area (TPSA) is 81.8 Å². The van der Waals surface area contributed by atoms with Gasteiger partial charge in [0.25, 0.3) is 5.56 Å². The molecule has 1 aromatic carbocycles. The molecule has 0 amide bonds. The van der Waals surface area contributed by atoms with Crippen LogP contribution in [0.15, 0.2) is 29.3 Å². The Kier molecular flexibility index (Phi) is 1.39. The molecule has 0 fully saturated rings. The zero-order chi connectivity index (χ0) is 10.4. The van der Waals surface area contributed by atoms with Crippen molar-refractivity contribution in [2.24, 2.45) is 0 Å². The normalized spacial score (nSPS) is 11.2. The number of phenols is 1. The Morgan fingerprint density at radius 3 is 3.07 bits per heavy atom. The number of rotatable bonds is 0. The summed E-state index contributed by atoms with van der Waals surface area (Å²) in [4.78, 5) is 21.0. The summed E-state index contributed by atoms with van der Waals surface area (Å²) in [6.45, 7) is 0. The van der Waals surface area contributed by atoms with Gasteiger partial charge in [0.2, 0.25) is 0 Å². The highest BCUT2D eigenvalue weighted by molar-refractivity contribution is 6.04. The van der Waals surface area contributed by atoms with Gasteiger partial charge in [0.05, 0.1) is 17.2 Å². The second-order valence-corrected chi connectivity index (χ2v) is 3.28. The van der Waals surface area contributed by atoms with E-state index in [1.807, 2.05) is 0 Å². The van der Waals surface area contributed by atoms with E-state index >= 15 is 0 Å². The molecular weight excluding hydrogens is 194 g/mol. The van der Waals surface area contributed by atoms with Crippen LogP contribution in [0.5, 0.6) is 5.75 Å². The van der Waals surface area contributed by atoms with Crippen LogP contribution in [0.4, 0.5) is 0 Å². The number of hydrogen-bond acceptors (Lipinski definition) is 3. The van der Waals surface area contributed by atoms with Crippen molar-refractivity contribution in [3.05, 3.63) is 34.9 Å². The molecule has 5 heteroatoms. The predicted octanol–water partition coefficient (Wildman–Crippen LogP) is 1.11. The minimum Gasteiger partial charge on any atom is -0.507 e. The summed E-state index contributed by atoms with van der Waals surface area (Å²) < 4.78 is 0. The van der Waals surface area contributed by atoms with Crippen molar-refractivity contribution in [2.75, 3.05) is 0 Å². The molecule has 0 aliphatic rings. The number of phenolic OH excluding ortho intramolecular Hbond substituents is 1. The molecule has 0 atom stereocenters. The molecule has 3 aromatic rings. The van der Waals surface area contributed by atoms with Crippen LogP contribution in [0.25, 0.3) is 21.9 Å². The molecule has 0 bridgehead atoms. The summed E-state index contributed by atoms with van der Waals surface area (Å²) in [7, 11) is 0. The van der Waals surface area contributed by atoms with E-state index in [1.54, 1.807) is 18.2 Å². The largest absolute Gasteiger partial charge is 0.507 e. The lowest BCUT2D eigenvalue weighted by Crippen LogP contribution is -2.06. The van der Waals surface area contributed by atoms with Crippen LogP contribution >= 0.6 is 0 Å². The number of aromatic nitrogens is 3. The number of benzene rings is 1. The number of aromatic hydroxyl groups is 1. The fourth-order valence-corrected chi connectivity index (χ4v) is 1.73. The molecule has 0 unspecified atom stereocenters. The molecule has 0 saturated heterocycles. The number of nitrogens with zero attached hydrogens (tertiary/aromatic N) is 1. The van der Waals surface area contributed by atoms with Gasteiger partial charge in [-0.15, -0.1) is 0 Å². The van der Waals surface area contributed by atoms with Crippen LogP contribution in [0.2, 0.25) is 0 Å². The third-order valence-electron chi connectivity index (χ3n) is 2.39. The molecule has 0 saturated carbocycles. The summed E-state index contributed by atoms with van der Waals surface area (Å²) >= 11 is 0. The first-order valence-electron chi connectivity index (χ1n) is 4.44. The molecule has 5 nitrogen and oxygen atoms in total. The van der Waals surface area contributed by atoms with Crippen LogP contribution in [0, 0.1) is 0 Å². The zero-order valence-electron chi connectivity index (χ0n) is 7.61. The van der Waals surface area contributed by atoms with Gasteiger partial charge in [-0.2, -0.15) is 0 Å². The van der Waals surface area contributed by atoms with E-state index in [-0.39, 0.29) is 11.3 Å². The lowest BCUT2D eigenvalue weighted by atomic mass is 10.2. The fraction of sp³-hybridized carbons (Fsp3) is 0. The van der Waals surface area contributed by atoms with Gasteiger partial charge in [0.1, 0.15) is 16.8 Å². The number of fused-ring (bicyclic) bond motifs is 3. The lowest BCUT2D eigenvalue weighted by Gasteiger charge is -2.00. The molecule has 0 radical (unpaired) electrons. The third-order valence-corrected chi connectivity index (χ3v) is 2.39. The van der Waals surface area contributed by atoms with E-state index in [0.717, 1.165) is 0 Å². The first-order valence-corrected chi connectivity index (χ1v) is 4.44. The van der Waals surface area contributed by atoms with Gasteiger partial charge in [-0.05, 0) is 12.1 Å². The van der Waals surface area contributed by atoms with E-state index in [0.29, 0.717) is 21.9 Å². The van der Waals surface area contributed by atoms with E-state index in [1.165, 1.54) is 6.33 Å². The lowest BCUT2D eigenvalue weighted by molar-refractivity contribution is 0.482. The average Bonchev–Trinajstić information content (AvgIpc) is 2.66. The van der Waals surface area contributed by atoms with Gasteiger partial charge < -0.3 is 15.1 Å². The van der Waals surface area contributed by atoms with Gasteiger partial charge in [0, 0.05) is 0 Å². The zero-order valence-corrected chi connectivity index (χ0v) is 7.61. The minimum absolute atomic E-state index is 0.112. The summed E-state index contributed by atoms with van der Waals surface area (Å²) in [5.41, 5.74) is 1.22. The Bertz CT molecular complexity index is 711. The Hall–Kier alpha value is -2.30. The second kappa shape index (κ2) is 2.60. The molecule has 2 aromatic heterocycles. The van der Waals surface area contributed by atoms with Gasteiger partial charge >= 0.3 is 0 Å². The molecule has 2 heterocycles. The van der Waals surface area contributed by atoms with Crippen molar-refractivity contribution < 1.29 is 5.11 Å². The molecule has 0 aliphatic heterocycles. The molecule has 0 aliphatic carbocycles. The number of nitrogens with one attached hydrogen (secondary N) is 2. The van der Waals surface area contributed by atoms with E-state index in [9.17, 15) is 9.90 Å². The van der Waals surface area contributed by atoms with Crippen molar-refractivity contribution in [1.82, 2.24) is 15.0 Å². The number of pyridine rings is 1. The van der Waals surface area contributed by atoms with Crippen LogP contribution in [0.1, 0.15) is 0 Å². The molecule has 3 N–H and O–H groups in total.